The zero-order valence-corrected chi connectivity index (χ0v) is 22.0. The van der Waals surface area contributed by atoms with Crippen LogP contribution in [0.15, 0.2) is 36.4 Å². The number of aryl methyl sites for hydroxylation is 3. The third-order valence-corrected chi connectivity index (χ3v) is 7.74. The van der Waals surface area contributed by atoms with Crippen LogP contribution in [0.4, 0.5) is 11.6 Å². The van der Waals surface area contributed by atoms with Crippen molar-refractivity contribution in [2.24, 2.45) is 5.92 Å². The number of anilines is 2. The molecule has 2 fully saturated rings. The Morgan fingerprint density at radius 2 is 1.78 bits per heavy atom. The van der Waals surface area contributed by atoms with Crippen LogP contribution in [0.25, 0.3) is 11.0 Å². The quantitative estimate of drug-likeness (QED) is 0.492. The number of aromatic nitrogens is 2. The van der Waals surface area contributed by atoms with Gasteiger partial charge in [-0.05, 0) is 81.5 Å². The highest BCUT2D eigenvalue weighted by atomic mass is 16.1. The number of imidazole rings is 1. The Kier molecular flexibility index (Phi) is 7.46. The van der Waals surface area contributed by atoms with E-state index in [4.69, 9.17) is 4.98 Å². The summed E-state index contributed by atoms with van der Waals surface area (Å²) in [7, 11) is 0. The number of benzene rings is 2. The van der Waals surface area contributed by atoms with Crippen LogP contribution in [0.1, 0.15) is 36.0 Å². The number of H-pyrrole nitrogens is 1. The summed E-state index contributed by atoms with van der Waals surface area (Å²) in [6.45, 7) is 14.2. The number of hydrogen-bond donors (Lipinski definition) is 2. The number of carbonyl (C=O) groups excluding carboxylic acids is 1. The predicted octanol–water partition coefficient (Wildman–Crippen LogP) is 4.03. The Hall–Kier alpha value is -3.06. The van der Waals surface area contributed by atoms with Crippen LogP contribution in [-0.4, -0.2) is 73.1 Å². The molecule has 0 unspecified atom stereocenters. The molecule has 0 aliphatic carbocycles. The maximum absolute atomic E-state index is 12.9. The third kappa shape index (κ3) is 5.67. The Morgan fingerprint density at radius 1 is 1.00 bits per heavy atom. The van der Waals surface area contributed by atoms with Gasteiger partial charge in [-0.2, -0.15) is 0 Å². The first-order valence-electron chi connectivity index (χ1n) is 13.5. The van der Waals surface area contributed by atoms with Gasteiger partial charge in [0.25, 0.3) is 0 Å². The highest BCUT2D eigenvalue weighted by Crippen LogP contribution is 2.25. The Bertz CT molecular complexity index is 1200. The second-order valence-corrected chi connectivity index (χ2v) is 10.6. The number of aromatic amines is 1. The van der Waals surface area contributed by atoms with Crippen LogP contribution in [0, 0.1) is 26.7 Å². The smallest absolute Gasteiger partial charge is 0.224 e. The average molecular weight is 489 g/mol. The van der Waals surface area contributed by atoms with E-state index >= 15 is 0 Å². The Balaban J connectivity index is 1.04. The van der Waals surface area contributed by atoms with Crippen molar-refractivity contribution in [3.05, 3.63) is 53.1 Å². The number of piperazine rings is 1. The maximum Gasteiger partial charge on any atom is 0.224 e. The standard InChI is InChI=1S/C29H40N6O/c1-21-8-10-25-26(18-21)32-29(31-25)35-13-4-6-24(20-35)28(36)30-11-5-12-33-14-16-34(17-15-33)27-19-22(2)7-9-23(27)3/h7-10,18-19,24H,4-6,11-17,20H2,1-3H3,(H,30,36)(H,31,32)/t24-/m1/s1. The molecule has 0 saturated carbocycles. The molecule has 1 amide bonds. The van der Waals surface area contributed by atoms with E-state index in [9.17, 15) is 4.79 Å². The van der Waals surface area contributed by atoms with E-state index in [0.717, 1.165) is 88.6 Å². The average Bonchev–Trinajstić information content (AvgIpc) is 3.32. The van der Waals surface area contributed by atoms with Gasteiger partial charge in [0, 0.05) is 51.5 Å². The van der Waals surface area contributed by atoms with Gasteiger partial charge in [0.15, 0.2) is 0 Å². The fourth-order valence-electron chi connectivity index (χ4n) is 5.57. The Morgan fingerprint density at radius 3 is 2.61 bits per heavy atom. The molecule has 0 bridgehead atoms. The summed E-state index contributed by atoms with van der Waals surface area (Å²) >= 11 is 0. The van der Waals surface area contributed by atoms with Gasteiger partial charge in [-0.25, -0.2) is 4.98 Å². The highest BCUT2D eigenvalue weighted by Gasteiger charge is 2.27. The van der Waals surface area contributed by atoms with Gasteiger partial charge >= 0.3 is 0 Å². The van der Waals surface area contributed by atoms with Gasteiger partial charge in [0.1, 0.15) is 0 Å². The lowest BCUT2D eigenvalue weighted by Gasteiger charge is -2.37. The van der Waals surface area contributed by atoms with Gasteiger partial charge in [-0.15, -0.1) is 0 Å². The van der Waals surface area contributed by atoms with Gasteiger partial charge in [-0.3, -0.25) is 9.69 Å². The van der Waals surface area contributed by atoms with Crippen LogP contribution >= 0.6 is 0 Å². The van der Waals surface area contributed by atoms with Gasteiger partial charge in [0.05, 0.1) is 17.0 Å². The molecule has 1 aromatic heterocycles. The summed E-state index contributed by atoms with van der Waals surface area (Å²) in [6.07, 6.45) is 2.95. The van der Waals surface area contributed by atoms with Crippen molar-refractivity contribution in [3.63, 3.8) is 0 Å². The van der Waals surface area contributed by atoms with Gasteiger partial charge < -0.3 is 20.1 Å². The molecule has 2 N–H and O–H groups in total. The zero-order valence-electron chi connectivity index (χ0n) is 22.0. The molecule has 36 heavy (non-hydrogen) atoms. The van der Waals surface area contributed by atoms with E-state index < -0.39 is 0 Å². The molecule has 0 spiro atoms. The van der Waals surface area contributed by atoms with E-state index in [2.05, 4.69) is 82.2 Å². The number of carbonyl (C=O) groups is 1. The fourth-order valence-corrected chi connectivity index (χ4v) is 5.57. The van der Waals surface area contributed by atoms with Crippen molar-refractivity contribution >= 4 is 28.6 Å². The maximum atomic E-state index is 12.9. The molecule has 1 atom stereocenters. The lowest BCUT2D eigenvalue weighted by molar-refractivity contribution is -0.125. The lowest BCUT2D eigenvalue weighted by atomic mass is 9.97. The second kappa shape index (κ2) is 10.9. The minimum absolute atomic E-state index is 0.0230. The van der Waals surface area contributed by atoms with Crippen molar-refractivity contribution in [1.29, 1.82) is 0 Å². The molecule has 0 radical (unpaired) electrons. The van der Waals surface area contributed by atoms with Crippen molar-refractivity contribution in [1.82, 2.24) is 20.2 Å². The fraction of sp³-hybridized carbons (Fsp3) is 0.517. The normalized spacial score (nSPS) is 19.1. The molecular weight excluding hydrogens is 448 g/mol. The summed E-state index contributed by atoms with van der Waals surface area (Å²) in [5.41, 5.74) is 7.32. The van der Waals surface area contributed by atoms with Crippen molar-refractivity contribution < 1.29 is 4.79 Å². The summed E-state index contributed by atoms with van der Waals surface area (Å²) in [5.74, 6) is 1.09. The van der Waals surface area contributed by atoms with E-state index in [1.165, 1.54) is 22.4 Å². The van der Waals surface area contributed by atoms with Gasteiger partial charge in [0.2, 0.25) is 11.9 Å². The lowest BCUT2D eigenvalue weighted by Crippen LogP contribution is -2.47. The molecule has 3 aromatic rings. The zero-order chi connectivity index (χ0) is 25.1. The largest absolute Gasteiger partial charge is 0.369 e. The molecule has 7 heteroatoms. The molecular formula is C29H40N6O. The second-order valence-electron chi connectivity index (χ2n) is 10.6. The third-order valence-electron chi connectivity index (χ3n) is 7.74. The minimum Gasteiger partial charge on any atom is -0.369 e. The molecule has 3 heterocycles. The van der Waals surface area contributed by atoms with Crippen LogP contribution in [0.3, 0.4) is 0 Å². The first kappa shape index (κ1) is 24.6. The minimum atomic E-state index is 0.0230. The first-order chi connectivity index (χ1) is 17.5. The van der Waals surface area contributed by atoms with Crippen molar-refractivity contribution in [2.75, 3.05) is 62.2 Å². The molecule has 192 valence electrons. The SMILES string of the molecule is Cc1ccc(C)c(N2CCN(CCCNC(=O)[C@@H]3CCCN(c4nc5ccc(C)cc5[nH]4)C3)CC2)c1. The monoisotopic (exact) mass is 488 g/mol. The number of hydrogen-bond acceptors (Lipinski definition) is 5. The predicted molar refractivity (Wildman–Crippen MR) is 148 cm³/mol. The van der Waals surface area contributed by atoms with Crippen LogP contribution in [-0.2, 0) is 4.79 Å². The molecule has 2 saturated heterocycles. The number of piperidine rings is 1. The first-order valence-corrected chi connectivity index (χ1v) is 13.5. The molecule has 2 aliphatic heterocycles. The summed E-state index contributed by atoms with van der Waals surface area (Å²) in [6, 6.07) is 13.0. The van der Waals surface area contributed by atoms with E-state index in [0.29, 0.717) is 0 Å². The number of fused-ring (bicyclic) bond motifs is 1. The van der Waals surface area contributed by atoms with E-state index in [1.54, 1.807) is 0 Å². The van der Waals surface area contributed by atoms with Crippen LogP contribution in [0.2, 0.25) is 0 Å². The Labute approximate surface area is 214 Å². The number of rotatable bonds is 7. The van der Waals surface area contributed by atoms with Crippen LogP contribution < -0.4 is 15.1 Å². The summed E-state index contributed by atoms with van der Waals surface area (Å²) < 4.78 is 0. The van der Waals surface area contributed by atoms with Crippen molar-refractivity contribution in [2.45, 2.75) is 40.0 Å². The number of nitrogens with zero attached hydrogens (tertiary/aromatic N) is 4. The molecule has 2 aliphatic rings. The highest BCUT2D eigenvalue weighted by molar-refractivity contribution is 5.80. The summed E-state index contributed by atoms with van der Waals surface area (Å²) in [5, 5.41) is 3.21. The van der Waals surface area contributed by atoms with Crippen LogP contribution in [0.5, 0.6) is 0 Å². The molecule has 7 nitrogen and oxygen atoms in total. The van der Waals surface area contributed by atoms with Gasteiger partial charge in [-0.1, -0.05) is 18.2 Å². The molecule has 5 rings (SSSR count). The van der Waals surface area contributed by atoms with Crippen molar-refractivity contribution in [3.8, 4) is 0 Å². The summed E-state index contributed by atoms with van der Waals surface area (Å²) in [4.78, 5) is 28.4. The number of nitrogens with one attached hydrogen (secondary N) is 2. The molecule has 2 aromatic carbocycles. The topological polar surface area (TPSA) is 67.5 Å². The number of amides is 1. The van der Waals surface area contributed by atoms with E-state index in [1.807, 2.05) is 0 Å². The van der Waals surface area contributed by atoms with E-state index in [-0.39, 0.29) is 11.8 Å².